The van der Waals surface area contributed by atoms with Crippen LogP contribution in [0.5, 0.6) is 0 Å². The molecule has 0 aromatic heterocycles. The number of amides is 2. The molecule has 0 saturated heterocycles. The summed E-state index contributed by atoms with van der Waals surface area (Å²) in [6.07, 6.45) is 1.13. The molecule has 3 aromatic rings. The lowest BCUT2D eigenvalue weighted by molar-refractivity contribution is -0.139. The van der Waals surface area contributed by atoms with Crippen LogP contribution in [0.4, 0.5) is 4.39 Å². The number of aryl methyl sites for hydroxylation is 1. The largest absolute Gasteiger partial charge is 0.352 e. The third kappa shape index (κ3) is 7.95. The fourth-order valence-corrected chi connectivity index (χ4v) is 4.89. The van der Waals surface area contributed by atoms with Gasteiger partial charge in [-0.05, 0) is 43.0 Å². The van der Waals surface area contributed by atoms with Gasteiger partial charge in [-0.3, -0.25) is 9.59 Å². The van der Waals surface area contributed by atoms with Crippen molar-refractivity contribution >= 4 is 23.6 Å². The summed E-state index contributed by atoms with van der Waals surface area (Å²) in [5.74, 6) is 0.0986. The molecule has 3 rings (SSSR count). The highest BCUT2D eigenvalue weighted by Crippen LogP contribution is 2.21. The van der Waals surface area contributed by atoms with E-state index in [2.05, 4.69) is 24.4 Å². The van der Waals surface area contributed by atoms with Crippen LogP contribution in [0, 0.1) is 12.7 Å². The number of rotatable bonds is 12. The van der Waals surface area contributed by atoms with Crippen LogP contribution < -0.4 is 5.32 Å². The molecule has 36 heavy (non-hydrogen) atoms. The summed E-state index contributed by atoms with van der Waals surface area (Å²) in [6, 6.07) is 23.4. The number of carbonyl (C=O) groups excluding carboxylic acids is 2. The average Bonchev–Trinajstić information content (AvgIpc) is 2.88. The van der Waals surface area contributed by atoms with Gasteiger partial charge in [-0.15, -0.1) is 11.8 Å². The molecule has 0 unspecified atom stereocenters. The van der Waals surface area contributed by atoms with Gasteiger partial charge in [-0.25, -0.2) is 4.39 Å². The third-order valence-electron chi connectivity index (χ3n) is 6.32. The highest BCUT2D eigenvalue weighted by atomic mass is 32.2. The first-order chi connectivity index (χ1) is 17.4. The van der Waals surface area contributed by atoms with Crippen LogP contribution in [0.2, 0.25) is 0 Å². The lowest BCUT2D eigenvalue weighted by Gasteiger charge is -2.32. The van der Waals surface area contributed by atoms with E-state index >= 15 is 0 Å². The maximum atomic E-state index is 14.6. The van der Waals surface area contributed by atoms with Crippen molar-refractivity contribution in [3.8, 4) is 0 Å². The van der Waals surface area contributed by atoms with E-state index in [1.807, 2.05) is 56.3 Å². The zero-order valence-corrected chi connectivity index (χ0v) is 22.1. The van der Waals surface area contributed by atoms with Gasteiger partial charge in [0, 0.05) is 30.3 Å². The van der Waals surface area contributed by atoms with Gasteiger partial charge in [0.2, 0.25) is 11.8 Å². The van der Waals surface area contributed by atoms with Gasteiger partial charge in [0.25, 0.3) is 0 Å². The smallest absolute Gasteiger partial charge is 0.243 e. The second-order valence-electron chi connectivity index (χ2n) is 9.06. The summed E-state index contributed by atoms with van der Waals surface area (Å²) in [5.41, 5.74) is 3.69. The fraction of sp³-hybridized carbons (Fsp3) is 0.333. The Hall–Kier alpha value is -3.12. The summed E-state index contributed by atoms with van der Waals surface area (Å²) in [5, 5.41) is 3.04. The predicted octanol–water partition coefficient (Wildman–Crippen LogP) is 5.92. The minimum Gasteiger partial charge on any atom is -0.352 e. The van der Waals surface area contributed by atoms with Gasteiger partial charge in [0.15, 0.2) is 0 Å². The molecule has 0 bridgehead atoms. The zero-order valence-electron chi connectivity index (χ0n) is 21.2. The van der Waals surface area contributed by atoms with Crippen LogP contribution in [-0.2, 0) is 28.3 Å². The number of nitrogens with one attached hydrogen (secondary N) is 1. The van der Waals surface area contributed by atoms with E-state index < -0.39 is 6.04 Å². The first-order valence-electron chi connectivity index (χ1n) is 12.4. The number of benzene rings is 3. The first kappa shape index (κ1) is 27.5. The van der Waals surface area contributed by atoms with Crippen LogP contribution in [0.3, 0.4) is 0 Å². The van der Waals surface area contributed by atoms with Crippen LogP contribution in [0.15, 0.2) is 78.9 Å². The van der Waals surface area contributed by atoms with Gasteiger partial charge >= 0.3 is 0 Å². The van der Waals surface area contributed by atoms with Crippen molar-refractivity contribution in [2.75, 3.05) is 5.75 Å². The number of hydrogen-bond donors (Lipinski definition) is 1. The second kappa shape index (κ2) is 13.8. The second-order valence-corrected chi connectivity index (χ2v) is 10.0. The van der Waals surface area contributed by atoms with Crippen molar-refractivity contribution in [3.63, 3.8) is 0 Å². The van der Waals surface area contributed by atoms with Crippen molar-refractivity contribution in [2.24, 2.45) is 0 Å². The number of nitrogens with zero attached hydrogens (tertiary/aromatic N) is 1. The quantitative estimate of drug-likeness (QED) is 0.332. The molecule has 0 saturated carbocycles. The van der Waals surface area contributed by atoms with Gasteiger partial charge < -0.3 is 10.2 Å². The van der Waals surface area contributed by atoms with Crippen LogP contribution in [0.25, 0.3) is 0 Å². The van der Waals surface area contributed by atoms with Crippen LogP contribution in [-0.4, -0.2) is 34.6 Å². The Morgan fingerprint density at radius 1 is 0.944 bits per heavy atom. The SMILES string of the molecule is CC[C@H](C)NC(=O)[C@@H](Cc1ccccc1)N(Cc1ccccc1F)C(=O)CSCc1ccccc1C. The Morgan fingerprint density at radius 3 is 2.25 bits per heavy atom. The molecule has 0 fully saturated rings. The van der Waals surface area contributed by atoms with E-state index in [1.165, 1.54) is 29.0 Å². The van der Waals surface area contributed by atoms with Gasteiger partial charge in [-0.2, -0.15) is 0 Å². The first-order valence-corrected chi connectivity index (χ1v) is 13.5. The minimum atomic E-state index is -0.757. The van der Waals surface area contributed by atoms with E-state index in [-0.39, 0.29) is 36.0 Å². The molecule has 190 valence electrons. The van der Waals surface area contributed by atoms with E-state index in [4.69, 9.17) is 0 Å². The molecule has 4 nitrogen and oxygen atoms in total. The molecule has 2 atom stereocenters. The topological polar surface area (TPSA) is 49.4 Å². The summed E-state index contributed by atoms with van der Waals surface area (Å²) >= 11 is 1.51. The van der Waals surface area contributed by atoms with E-state index in [9.17, 15) is 14.0 Å². The zero-order chi connectivity index (χ0) is 25.9. The van der Waals surface area contributed by atoms with Gasteiger partial charge in [0.1, 0.15) is 11.9 Å². The Bertz CT molecular complexity index is 1140. The summed E-state index contributed by atoms with van der Waals surface area (Å²) < 4.78 is 14.6. The summed E-state index contributed by atoms with van der Waals surface area (Å²) in [6.45, 7) is 6.03. The normalized spacial score (nSPS) is 12.6. The Balaban J connectivity index is 1.87. The number of thioether (sulfide) groups is 1. The summed E-state index contributed by atoms with van der Waals surface area (Å²) in [4.78, 5) is 28.7. The van der Waals surface area contributed by atoms with Crippen molar-refractivity contribution in [3.05, 3.63) is 107 Å². The minimum absolute atomic E-state index is 0.0296. The van der Waals surface area contributed by atoms with Crippen LogP contribution in [0.1, 0.15) is 42.5 Å². The van der Waals surface area contributed by atoms with Crippen molar-refractivity contribution < 1.29 is 14.0 Å². The van der Waals surface area contributed by atoms with E-state index in [0.29, 0.717) is 17.7 Å². The number of halogens is 1. The van der Waals surface area contributed by atoms with Crippen molar-refractivity contribution in [1.82, 2.24) is 10.2 Å². The van der Waals surface area contributed by atoms with Crippen molar-refractivity contribution in [1.29, 1.82) is 0 Å². The molecule has 0 radical (unpaired) electrons. The number of carbonyl (C=O) groups is 2. The average molecular weight is 507 g/mol. The number of hydrogen-bond acceptors (Lipinski definition) is 3. The molecule has 0 aliphatic heterocycles. The van der Waals surface area contributed by atoms with E-state index in [0.717, 1.165) is 12.0 Å². The Labute approximate surface area is 218 Å². The monoisotopic (exact) mass is 506 g/mol. The Kier molecular flexibility index (Phi) is 10.6. The molecule has 2 amide bonds. The molecule has 1 N–H and O–H groups in total. The molecule has 0 aliphatic carbocycles. The molecule has 0 spiro atoms. The van der Waals surface area contributed by atoms with Gasteiger partial charge in [-0.1, -0.05) is 79.7 Å². The molecule has 0 aliphatic rings. The molecule has 6 heteroatoms. The molecule has 3 aromatic carbocycles. The summed E-state index contributed by atoms with van der Waals surface area (Å²) in [7, 11) is 0. The van der Waals surface area contributed by atoms with Crippen LogP contribution >= 0.6 is 11.8 Å². The molecule has 0 heterocycles. The molecular formula is C30H35FN2O2S. The Morgan fingerprint density at radius 2 is 1.58 bits per heavy atom. The van der Waals surface area contributed by atoms with Gasteiger partial charge in [0.05, 0.1) is 5.75 Å². The fourth-order valence-electron chi connectivity index (χ4n) is 3.91. The maximum Gasteiger partial charge on any atom is 0.243 e. The lowest BCUT2D eigenvalue weighted by atomic mass is 10.0. The third-order valence-corrected chi connectivity index (χ3v) is 7.28. The standard InChI is InChI=1S/C30H35FN2O2S/c1-4-23(3)32-30(35)28(18-24-13-6-5-7-14-24)33(19-25-15-10-11-17-27(25)31)29(34)21-36-20-26-16-9-8-12-22(26)2/h5-17,23,28H,4,18-21H2,1-3H3,(H,32,35)/t23-,28+/m0/s1. The predicted molar refractivity (Wildman–Crippen MR) is 146 cm³/mol. The lowest BCUT2D eigenvalue weighted by Crippen LogP contribution is -2.52. The van der Waals surface area contributed by atoms with E-state index in [1.54, 1.807) is 23.1 Å². The molecular weight excluding hydrogens is 471 g/mol. The highest BCUT2D eigenvalue weighted by molar-refractivity contribution is 7.99. The maximum absolute atomic E-state index is 14.6. The van der Waals surface area contributed by atoms with Crippen molar-refractivity contribution in [2.45, 2.75) is 58.0 Å². The highest BCUT2D eigenvalue weighted by Gasteiger charge is 2.31.